The lowest BCUT2D eigenvalue weighted by molar-refractivity contribution is 0.865. The molecule has 40 heavy (non-hydrogen) atoms. The number of anilines is 3. The number of aryl methyl sites for hydroxylation is 2. The number of imidazole rings is 1. The van der Waals surface area contributed by atoms with Gasteiger partial charge in [0.1, 0.15) is 5.82 Å². The Morgan fingerprint density at radius 3 is 1.43 bits per heavy atom. The molecule has 0 fully saturated rings. The van der Waals surface area contributed by atoms with Crippen molar-refractivity contribution in [2.45, 2.75) is 55.4 Å². The summed E-state index contributed by atoms with van der Waals surface area (Å²) in [5, 5.41) is 0. The van der Waals surface area contributed by atoms with Gasteiger partial charge < -0.3 is 19.7 Å². The summed E-state index contributed by atoms with van der Waals surface area (Å²) in [6, 6.07) is 22.4. The van der Waals surface area contributed by atoms with E-state index in [4.69, 9.17) is 4.98 Å². The van der Waals surface area contributed by atoms with Crippen LogP contribution in [0.15, 0.2) is 60.7 Å². The SMILES string of the molecule is CCN(CC)c1ccc(-c2nc(-c3ccc(N(CC)CC)cc3C)c(-c3ccc(N(CC)CC)cc3C)[nH]2)cc1. The third-order valence-electron chi connectivity index (χ3n) is 8.17. The summed E-state index contributed by atoms with van der Waals surface area (Å²) in [6.45, 7) is 23.6. The monoisotopic (exact) mass is 537 g/mol. The second-order valence-corrected chi connectivity index (χ2v) is 10.4. The molecule has 1 heterocycles. The van der Waals surface area contributed by atoms with E-state index in [1.807, 2.05) is 0 Å². The van der Waals surface area contributed by atoms with Crippen molar-refractivity contribution in [2.24, 2.45) is 0 Å². The molecule has 5 nitrogen and oxygen atoms in total. The second-order valence-electron chi connectivity index (χ2n) is 10.4. The minimum absolute atomic E-state index is 0.899. The van der Waals surface area contributed by atoms with Crippen molar-refractivity contribution in [2.75, 3.05) is 54.0 Å². The fraction of sp³-hybridized carbons (Fsp3) is 0.400. The molecule has 5 heteroatoms. The minimum atomic E-state index is 0.899. The zero-order valence-corrected chi connectivity index (χ0v) is 25.8. The molecule has 0 amide bonds. The van der Waals surface area contributed by atoms with Crippen molar-refractivity contribution in [3.8, 4) is 33.9 Å². The number of benzene rings is 3. The van der Waals surface area contributed by atoms with Crippen molar-refractivity contribution >= 4 is 17.1 Å². The Balaban J connectivity index is 1.85. The van der Waals surface area contributed by atoms with Gasteiger partial charge in [0.2, 0.25) is 0 Å². The molecule has 0 spiro atoms. The van der Waals surface area contributed by atoms with E-state index < -0.39 is 0 Å². The molecule has 4 rings (SSSR count). The van der Waals surface area contributed by atoms with Gasteiger partial charge in [0.25, 0.3) is 0 Å². The van der Waals surface area contributed by atoms with Crippen LogP contribution in [0.4, 0.5) is 17.1 Å². The molecule has 1 N–H and O–H groups in total. The van der Waals surface area contributed by atoms with Crippen LogP contribution in [0.3, 0.4) is 0 Å². The summed E-state index contributed by atoms with van der Waals surface area (Å²) < 4.78 is 0. The van der Waals surface area contributed by atoms with Crippen LogP contribution in [0.2, 0.25) is 0 Å². The number of H-pyrrole nitrogens is 1. The van der Waals surface area contributed by atoms with E-state index in [0.717, 1.165) is 62.0 Å². The van der Waals surface area contributed by atoms with Crippen LogP contribution in [0.5, 0.6) is 0 Å². The van der Waals surface area contributed by atoms with Gasteiger partial charge in [0.05, 0.1) is 11.4 Å². The van der Waals surface area contributed by atoms with E-state index in [-0.39, 0.29) is 0 Å². The molecular weight excluding hydrogens is 490 g/mol. The molecule has 0 unspecified atom stereocenters. The highest BCUT2D eigenvalue weighted by Gasteiger charge is 2.20. The number of nitrogens with zero attached hydrogens (tertiary/aromatic N) is 4. The normalized spacial score (nSPS) is 11.1. The molecule has 1 aromatic heterocycles. The Morgan fingerprint density at radius 2 is 0.975 bits per heavy atom. The third kappa shape index (κ3) is 5.89. The highest BCUT2D eigenvalue weighted by Crippen LogP contribution is 2.38. The topological polar surface area (TPSA) is 38.4 Å². The summed E-state index contributed by atoms with van der Waals surface area (Å²) in [5.74, 6) is 0.899. The van der Waals surface area contributed by atoms with Crippen molar-refractivity contribution in [3.05, 3.63) is 71.8 Å². The average Bonchev–Trinajstić information content (AvgIpc) is 3.40. The lowest BCUT2D eigenvalue weighted by Crippen LogP contribution is -2.21. The van der Waals surface area contributed by atoms with Gasteiger partial charge in [-0.05, 0) is 115 Å². The predicted molar refractivity (Wildman–Crippen MR) is 175 cm³/mol. The van der Waals surface area contributed by atoms with Gasteiger partial charge >= 0.3 is 0 Å². The van der Waals surface area contributed by atoms with Crippen LogP contribution < -0.4 is 14.7 Å². The van der Waals surface area contributed by atoms with Crippen LogP contribution in [-0.4, -0.2) is 49.2 Å². The summed E-state index contributed by atoms with van der Waals surface area (Å²) in [7, 11) is 0. The Morgan fingerprint density at radius 1 is 0.550 bits per heavy atom. The quantitative estimate of drug-likeness (QED) is 0.196. The molecular formula is C35H47N5. The molecule has 0 atom stereocenters. The summed E-state index contributed by atoms with van der Waals surface area (Å²) in [6.07, 6.45) is 0. The van der Waals surface area contributed by atoms with Crippen LogP contribution in [0, 0.1) is 13.8 Å². The zero-order chi connectivity index (χ0) is 28.8. The van der Waals surface area contributed by atoms with E-state index in [1.54, 1.807) is 0 Å². The fourth-order valence-corrected chi connectivity index (χ4v) is 5.73. The maximum Gasteiger partial charge on any atom is 0.138 e. The molecule has 0 radical (unpaired) electrons. The van der Waals surface area contributed by atoms with Crippen LogP contribution in [0.25, 0.3) is 33.9 Å². The lowest BCUT2D eigenvalue weighted by Gasteiger charge is -2.23. The summed E-state index contributed by atoms with van der Waals surface area (Å²) in [4.78, 5) is 16.1. The second kappa shape index (κ2) is 13.1. The summed E-state index contributed by atoms with van der Waals surface area (Å²) >= 11 is 0. The van der Waals surface area contributed by atoms with E-state index in [9.17, 15) is 0 Å². The molecule has 0 saturated carbocycles. The Labute approximate surface area is 241 Å². The van der Waals surface area contributed by atoms with Gasteiger partial charge in [0.15, 0.2) is 0 Å². The van der Waals surface area contributed by atoms with E-state index in [2.05, 4.69) is 136 Å². The first-order valence-corrected chi connectivity index (χ1v) is 15.1. The van der Waals surface area contributed by atoms with Crippen molar-refractivity contribution in [1.29, 1.82) is 0 Å². The molecule has 4 aromatic rings. The first kappa shape index (κ1) is 29.3. The van der Waals surface area contributed by atoms with E-state index >= 15 is 0 Å². The average molecular weight is 538 g/mol. The molecule has 0 aliphatic heterocycles. The van der Waals surface area contributed by atoms with Crippen LogP contribution in [0.1, 0.15) is 52.7 Å². The molecule has 3 aromatic carbocycles. The van der Waals surface area contributed by atoms with Gasteiger partial charge in [-0.15, -0.1) is 0 Å². The maximum absolute atomic E-state index is 5.26. The highest BCUT2D eigenvalue weighted by atomic mass is 15.1. The highest BCUT2D eigenvalue weighted by molar-refractivity contribution is 5.85. The third-order valence-corrected chi connectivity index (χ3v) is 8.17. The van der Waals surface area contributed by atoms with E-state index in [0.29, 0.717) is 0 Å². The lowest BCUT2D eigenvalue weighted by atomic mass is 9.97. The number of rotatable bonds is 12. The smallest absolute Gasteiger partial charge is 0.138 e. The van der Waals surface area contributed by atoms with Crippen molar-refractivity contribution in [3.63, 3.8) is 0 Å². The predicted octanol–water partition coefficient (Wildman–Crippen LogP) is 8.57. The first-order chi connectivity index (χ1) is 19.4. The van der Waals surface area contributed by atoms with Crippen molar-refractivity contribution in [1.82, 2.24) is 9.97 Å². The Bertz CT molecular complexity index is 1310. The largest absolute Gasteiger partial charge is 0.372 e. The van der Waals surface area contributed by atoms with Gasteiger partial charge in [-0.1, -0.05) is 12.1 Å². The van der Waals surface area contributed by atoms with Crippen molar-refractivity contribution < 1.29 is 0 Å². The Hall–Kier alpha value is -3.73. The molecule has 0 aliphatic carbocycles. The molecule has 0 saturated heterocycles. The minimum Gasteiger partial charge on any atom is -0.372 e. The number of aromatic amines is 1. The standard InChI is InChI=1S/C35H47N5/c1-9-38(10-2)28-17-15-27(16-18-28)35-36-33(31-21-19-29(23-25(31)7)39(11-3)12-4)34(37-35)32-22-20-30(24-26(32)8)40(13-5)14-6/h15-24H,9-14H2,1-8H3,(H,36,37). The number of hydrogen-bond donors (Lipinski definition) is 1. The molecule has 0 aliphatic rings. The van der Waals surface area contributed by atoms with Crippen LogP contribution >= 0.6 is 0 Å². The number of aromatic nitrogens is 2. The van der Waals surface area contributed by atoms with Gasteiger partial charge in [0, 0.05) is 73.0 Å². The Kier molecular flexibility index (Phi) is 9.57. The van der Waals surface area contributed by atoms with Crippen LogP contribution in [-0.2, 0) is 0 Å². The van der Waals surface area contributed by atoms with Gasteiger partial charge in [-0.2, -0.15) is 0 Å². The van der Waals surface area contributed by atoms with Gasteiger partial charge in [-0.25, -0.2) is 4.98 Å². The molecule has 0 bridgehead atoms. The first-order valence-electron chi connectivity index (χ1n) is 15.1. The maximum atomic E-state index is 5.26. The number of nitrogens with one attached hydrogen (secondary N) is 1. The zero-order valence-electron chi connectivity index (χ0n) is 25.8. The summed E-state index contributed by atoms with van der Waals surface area (Å²) in [5.41, 5.74) is 11.8. The fourth-order valence-electron chi connectivity index (χ4n) is 5.73. The van der Waals surface area contributed by atoms with E-state index in [1.165, 1.54) is 39.3 Å². The van der Waals surface area contributed by atoms with Gasteiger partial charge in [-0.3, -0.25) is 0 Å². The molecule has 212 valence electrons. The number of hydrogen-bond acceptors (Lipinski definition) is 4.